The minimum Gasteiger partial charge on any atom is -0.382 e. The zero-order valence-electron chi connectivity index (χ0n) is 9.19. The first-order valence-electron chi connectivity index (χ1n) is 5.11. The molecule has 15 heavy (non-hydrogen) atoms. The van der Waals surface area contributed by atoms with Gasteiger partial charge in [0.15, 0.2) is 0 Å². The van der Waals surface area contributed by atoms with Crippen molar-refractivity contribution in [2.24, 2.45) is 0 Å². The third-order valence-corrected chi connectivity index (χ3v) is 2.19. The number of carbonyl (C=O) groups excluding carboxylic acids is 1. The largest absolute Gasteiger partial charge is 0.382 e. The average molecular weight is 207 g/mol. The smallest absolute Gasteiger partial charge is 0.220 e. The lowest BCUT2D eigenvalue weighted by atomic mass is 10.1. The van der Waals surface area contributed by atoms with Crippen LogP contribution in [0.5, 0.6) is 0 Å². The molecule has 0 saturated heterocycles. The van der Waals surface area contributed by atoms with Crippen LogP contribution in [0.25, 0.3) is 0 Å². The molecule has 1 N–H and O–H groups in total. The molecule has 3 nitrogen and oxygen atoms in total. The Hall–Kier alpha value is -1.35. The van der Waals surface area contributed by atoms with E-state index in [1.165, 1.54) is 0 Å². The van der Waals surface area contributed by atoms with Gasteiger partial charge in [-0.05, 0) is 5.56 Å². The second-order valence-electron chi connectivity index (χ2n) is 3.34. The van der Waals surface area contributed by atoms with E-state index in [-0.39, 0.29) is 11.9 Å². The fraction of sp³-hybridized carbons (Fsp3) is 0.417. The van der Waals surface area contributed by atoms with Crippen molar-refractivity contribution >= 4 is 5.91 Å². The van der Waals surface area contributed by atoms with Gasteiger partial charge >= 0.3 is 0 Å². The molecule has 1 aromatic rings. The van der Waals surface area contributed by atoms with Crippen molar-refractivity contribution in [2.75, 3.05) is 13.7 Å². The van der Waals surface area contributed by atoms with Crippen LogP contribution in [0.2, 0.25) is 0 Å². The van der Waals surface area contributed by atoms with Crippen molar-refractivity contribution in [2.45, 2.75) is 19.4 Å². The number of rotatable bonds is 5. The van der Waals surface area contributed by atoms with Crippen LogP contribution in [-0.2, 0) is 9.53 Å². The lowest BCUT2D eigenvalue weighted by Crippen LogP contribution is -2.30. The van der Waals surface area contributed by atoms with Crippen LogP contribution in [0.15, 0.2) is 30.3 Å². The summed E-state index contributed by atoms with van der Waals surface area (Å²) in [4.78, 5) is 11.3. The van der Waals surface area contributed by atoms with Crippen molar-refractivity contribution in [3.63, 3.8) is 0 Å². The van der Waals surface area contributed by atoms with Crippen LogP contribution in [0.4, 0.5) is 0 Å². The summed E-state index contributed by atoms with van der Waals surface area (Å²) in [7, 11) is 1.63. The fourth-order valence-electron chi connectivity index (χ4n) is 1.37. The Morgan fingerprint density at radius 3 is 2.60 bits per heavy atom. The molecule has 0 fully saturated rings. The number of methoxy groups -OCH3 is 1. The van der Waals surface area contributed by atoms with Gasteiger partial charge in [-0.15, -0.1) is 0 Å². The maximum atomic E-state index is 11.3. The minimum absolute atomic E-state index is 0.0425. The van der Waals surface area contributed by atoms with E-state index in [1.54, 1.807) is 7.11 Å². The summed E-state index contributed by atoms with van der Waals surface area (Å²) in [5, 5.41) is 2.92. The molecule has 1 amide bonds. The summed E-state index contributed by atoms with van der Waals surface area (Å²) in [6.07, 6.45) is 0.493. The quantitative estimate of drug-likeness (QED) is 0.800. The monoisotopic (exact) mass is 207 g/mol. The van der Waals surface area contributed by atoms with Crippen molar-refractivity contribution < 1.29 is 9.53 Å². The van der Waals surface area contributed by atoms with E-state index >= 15 is 0 Å². The Kier molecular flexibility index (Phi) is 4.84. The number of carbonyl (C=O) groups is 1. The second-order valence-corrected chi connectivity index (χ2v) is 3.34. The number of nitrogens with one attached hydrogen (secondary N) is 1. The molecule has 0 aliphatic rings. The number of benzene rings is 1. The van der Waals surface area contributed by atoms with Crippen molar-refractivity contribution in [1.82, 2.24) is 5.32 Å². The van der Waals surface area contributed by atoms with E-state index in [9.17, 15) is 4.79 Å². The summed E-state index contributed by atoms with van der Waals surface area (Å²) in [5.41, 5.74) is 1.07. The van der Waals surface area contributed by atoms with E-state index in [2.05, 4.69) is 5.32 Å². The summed E-state index contributed by atoms with van der Waals surface area (Å²) < 4.78 is 5.09. The molecule has 3 heteroatoms. The Morgan fingerprint density at radius 1 is 1.40 bits per heavy atom. The summed E-state index contributed by atoms with van der Waals surface area (Å²) in [6.45, 7) is 2.33. The zero-order chi connectivity index (χ0) is 11.1. The molecular weight excluding hydrogens is 190 g/mol. The minimum atomic E-state index is -0.0522. The van der Waals surface area contributed by atoms with Gasteiger partial charge in [0.25, 0.3) is 0 Å². The highest BCUT2D eigenvalue weighted by molar-refractivity contribution is 5.76. The predicted molar refractivity (Wildman–Crippen MR) is 59.5 cm³/mol. The highest BCUT2D eigenvalue weighted by atomic mass is 16.5. The van der Waals surface area contributed by atoms with E-state index in [0.717, 1.165) is 5.56 Å². The molecule has 0 aliphatic carbocycles. The predicted octanol–water partition coefficient (Wildman–Crippen LogP) is 1.90. The zero-order valence-corrected chi connectivity index (χ0v) is 9.19. The van der Waals surface area contributed by atoms with Gasteiger partial charge < -0.3 is 10.1 Å². The molecule has 0 spiro atoms. The number of amides is 1. The van der Waals surface area contributed by atoms with Gasteiger partial charge in [0.2, 0.25) is 5.91 Å². The molecule has 0 heterocycles. The molecule has 0 radical (unpaired) electrons. The number of ether oxygens (including phenoxy) is 1. The third kappa shape index (κ3) is 3.72. The van der Waals surface area contributed by atoms with Crippen LogP contribution < -0.4 is 5.32 Å². The first-order chi connectivity index (χ1) is 7.27. The molecule has 1 aromatic carbocycles. The van der Waals surface area contributed by atoms with Crippen LogP contribution >= 0.6 is 0 Å². The van der Waals surface area contributed by atoms with E-state index in [4.69, 9.17) is 4.74 Å². The molecule has 0 aromatic heterocycles. The lowest BCUT2D eigenvalue weighted by molar-refractivity contribution is -0.121. The number of hydrogen-bond donors (Lipinski definition) is 1. The van der Waals surface area contributed by atoms with Crippen molar-refractivity contribution in [1.29, 1.82) is 0 Å². The van der Waals surface area contributed by atoms with Crippen molar-refractivity contribution in [3.05, 3.63) is 35.9 Å². The van der Waals surface area contributed by atoms with Gasteiger partial charge in [-0.2, -0.15) is 0 Å². The molecule has 0 bridgehead atoms. The second kappa shape index (κ2) is 6.19. The average Bonchev–Trinajstić information content (AvgIpc) is 2.29. The van der Waals surface area contributed by atoms with Crippen LogP contribution in [0, 0.1) is 0 Å². The van der Waals surface area contributed by atoms with Gasteiger partial charge in [-0.25, -0.2) is 0 Å². The van der Waals surface area contributed by atoms with Gasteiger partial charge in [0.05, 0.1) is 12.6 Å². The van der Waals surface area contributed by atoms with Crippen LogP contribution in [0.3, 0.4) is 0 Å². The molecule has 0 saturated carbocycles. The Morgan fingerprint density at radius 2 is 2.07 bits per heavy atom. The third-order valence-electron chi connectivity index (χ3n) is 2.19. The first-order valence-corrected chi connectivity index (χ1v) is 5.11. The van der Waals surface area contributed by atoms with Crippen molar-refractivity contribution in [3.8, 4) is 0 Å². The Bertz CT molecular complexity index is 298. The van der Waals surface area contributed by atoms with Gasteiger partial charge in [-0.3, -0.25) is 4.79 Å². The maximum absolute atomic E-state index is 11.3. The standard InChI is InChI=1S/C12H17NO2/c1-3-12(14)13-11(9-15-2)10-7-5-4-6-8-10/h4-8,11H,3,9H2,1-2H3,(H,13,14). The first kappa shape index (κ1) is 11.7. The molecular formula is C12H17NO2. The number of hydrogen-bond acceptors (Lipinski definition) is 2. The van der Waals surface area contributed by atoms with E-state index in [1.807, 2.05) is 37.3 Å². The topological polar surface area (TPSA) is 38.3 Å². The summed E-state index contributed by atoms with van der Waals surface area (Å²) in [6, 6.07) is 9.78. The van der Waals surface area contributed by atoms with Gasteiger partial charge in [0.1, 0.15) is 0 Å². The maximum Gasteiger partial charge on any atom is 0.220 e. The molecule has 0 aliphatic heterocycles. The summed E-state index contributed by atoms with van der Waals surface area (Å²) in [5.74, 6) is 0.0425. The molecule has 1 unspecified atom stereocenters. The highest BCUT2D eigenvalue weighted by Crippen LogP contribution is 2.12. The van der Waals surface area contributed by atoms with Crippen LogP contribution in [0.1, 0.15) is 24.9 Å². The fourth-order valence-corrected chi connectivity index (χ4v) is 1.37. The van der Waals surface area contributed by atoms with E-state index in [0.29, 0.717) is 13.0 Å². The van der Waals surface area contributed by atoms with Crippen LogP contribution in [-0.4, -0.2) is 19.6 Å². The molecule has 1 atom stereocenters. The van der Waals surface area contributed by atoms with E-state index < -0.39 is 0 Å². The Balaban J connectivity index is 2.70. The van der Waals surface area contributed by atoms with Gasteiger partial charge in [-0.1, -0.05) is 37.3 Å². The Labute approximate surface area is 90.4 Å². The normalized spacial score (nSPS) is 12.1. The summed E-state index contributed by atoms with van der Waals surface area (Å²) >= 11 is 0. The lowest BCUT2D eigenvalue weighted by Gasteiger charge is -2.17. The van der Waals surface area contributed by atoms with Gasteiger partial charge in [0, 0.05) is 13.5 Å². The highest BCUT2D eigenvalue weighted by Gasteiger charge is 2.12. The SMILES string of the molecule is CCC(=O)NC(COC)c1ccccc1. The molecule has 82 valence electrons. The molecule has 1 rings (SSSR count).